The first-order chi connectivity index (χ1) is 6.06. The number of hydrogen-bond donors (Lipinski definition) is 1. The van der Waals surface area contributed by atoms with E-state index in [0.717, 1.165) is 0 Å². The van der Waals surface area contributed by atoms with Crippen molar-refractivity contribution in [2.24, 2.45) is 0 Å². The van der Waals surface area contributed by atoms with Crippen molar-refractivity contribution >= 4 is 17.4 Å². The smallest absolute Gasteiger partial charge is 0.165 e. The zero-order chi connectivity index (χ0) is 10.0. The van der Waals surface area contributed by atoms with Gasteiger partial charge in [0.25, 0.3) is 0 Å². The van der Waals surface area contributed by atoms with Gasteiger partial charge < -0.3 is 9.84 Å². The highest BCUT2D eigenvalue weighted by molar-refractivity contribution is 6.34. The van der Waals surface area contributed by atoms with Gasteiger partial charge in [-0.25, -0.2) is 0 Å². The minimum Gasteiger partial charge on any atom is -0.507 e. The number of rotatable bonds is 2. The largest absolute Gasteiger partial charge is 0.507 e. The van der Waals surface area contributed by atoms with Crippen LogP contribution >= 0.6 is 11.6 Å². The standard InChI is InChI=1S/C9H9ClO3/c1-5(11)9-7(10)3-6(13-2)4-8(9)12/h3-4,12H,1-2H3. The van der Waals surface area contributed by atoms with Gasteiger partial charge in [-0.3, -0.25) is 4.79 Å². The van der Waals surface area contributed by atoms with Crippen molar-refractivity contribution in [2.45, 2.75) is 6.92 Å². The molecule has 0 aliphatic carbocycles. The molecular formula is C9H9ClO3. The predicted octanol–water partition coefficient (Wildman–Crippen LogP) is 2.26. The van der Waals surface area contributed by atoms with E-state index in [1.54, 1.807) is 0 Å². The van der Waals surface area contributed by atoms with E-state index >= 15 is 0 Å². The van der Waals surface area contributed by atoms with Gasteiger partial charge in [-0.05, 0) is 13.0 Å². The van der Waals surface area contributed by atoms with E-state index < -0.39 is 0 Å². The lowest BCUT2D eigenvalue weighted by atomic mass is 10.1. The second-order valence-corrected chi connectivity index (χ2v) is 2.97. The van der Waals surface area contributed by atoms with Crippen LogP contribution in [0, 0.1) is 0 Å². The summed E-state index contributed by atoms with van der Waals surface area (Å²) in [5.74, 6) is -0.00509. The minimum atomic E-state index is -0.273. The SMILES string of the molecule is COc1cc(O)c(C(C)=O)c(Cl)c1. The zero-order valence-corrected chi connectivity index (χ0v) is 8.05. The molecule has 1 aromatic rings. The number of aromatic hydroxyl groups is 1. The number of carbonyl (C=O) groups excluding carboxylic acids is 1. The molecule has 0 aliphatic rings. The van der Waals surface area contributed by atoms with Gasteiger partial charge in [0.05, 0.1) is 17.7 Å². The summed E-state index contributed by atoms with van der Waals surface area (Å²) >= 11 is 5.75. The summed E-state index contributed by atoms with van der Waals surface area (Å²) in [7, 11) is 1.46. The fourth-order valence-electron chi connectivity index (χ4n) is 1.03. The van der Waals surface area contributed by atoms with E-state index in [1.165, 1.54) is 26.2 Å². The molecule has 0 unspecified atom stereocenters. The summed E-state index contributed by atoms with van der Waals surface area (Å²) in [4.78, 5) is 11.0. The molecule has 0 heterocycles. The van der Waals surface area contributed by atoms with Crippen LogP contribution in [0.1, 0.15) is 17.3 Å². The molecule has 0 bridgehead atoms. The summed E-state index contributed by atoms with van der Waals surface area (Å²) in [6, 6.07) is 2.83. The lowest BCUT2D eigenvalue weighted by Gasteiger charge is -2.06. The second kappa shape index (κ2) is 3.66. The van der Waals surface area contributed by atoms with Crippen LogP contribution in [0.4, 0.5) is 0 Å². The normalized spacial score (nSPS) is 9.77. The van der Waals surface area contributed by atoms with E-state index in [9.17, 15) is 9.90 Å². The Morgan fingerprint density at radius 3 is 2.54 bits per heavy atom. The Morgan fingerprint density at radius 1 is 1.54 bits per heavy atom. The van der Waals surface area contributed by atoms with Gasteiger partial charge in [-0.1, -0.05) is 11.6 Å². The van der Waals surface area contributed by atoms with Gasteiger partial charge in [0.1, 0.15) is 11.5 Å². The van der Waals surface area contributed by atoms with Crippen LogP contribution in [0.3, 0.4) is 0 Å². The Bertz CT molecular complexity index is 324. The molecule has 3 nitrogen and oxygen atoms in total. The average molecular weight is 201 g/mol. The second-order valence-electron chi connectivity index (χ2n) is 2.56. The van der Waals surface area contributed by atoms with E-state index in [1.807, 2.05) is 0 Å². The number of hydrogen-bond acceptors (Lipinski definition) is 3. The number of Topliss-reactive ketones (excluding diaryl/α,β-unsaturated/α-hetero) is 1. The van der Waals surface area contributed by atoms with Gasteiger partial charge in [-0.2, -0.15) is 0 Å². The first-order valence-corrected chi connectivity index (χ1v) is 4.01. The summed E-state index contributed by atoms with van der Waals surface area (Å²) in [5, 5.41) is 9.59. The molecule has 0 atom stereocenters. The average Bonchev–Trinajstić information content (AvgIpc) is 2.02. The fraction of sp³-hybridized carbons (Fsp3) is 0.222. The molecule has 0 saturated heterocycles. The topological polar surface area (TPSA) is 46.5 Å². The molecule has 13 heavy (non-hydrogen) atoms. The highest BCUT2D eigenvalue weighted by Crippen LogP contribution is 2.31. The molecule has 1 aromatic carbocycles. The van der Waals surface area contributed by atoms with Gasteiger partial charge in [-0.15, -0.1) is 0 Å². The number of halogens is 1. The Hall–Kier alpha value is -1.22. The lowest BCUT2D eigenvalue weighted by Crippen LogP contribution is -1.95. The number of ketones is 1. The van der Waals surface area contributed by atoms with Crippen molar-refractivity contribution in [1.82, 2.24) is 0 Å². The molecule has 0 aromatic heterocycles. The molecule has 0 saturated carbocycles. The number of phenolic OH excluding ortho intramolecular Hbond substituents is 1. The first kappa shape index (κ1) is 9.86. The Morgan fingerprint density at radius 2 is 2.15 bits per heavy atom. The van der Waals surface area contributed by atoms with Crippen molar-refractivity contribution in [2.75, 3.05) is 7.11 Å². The van der Waals surface area contributed by atoms with Crippen molar-refractivity contribution in [3.05, 3.63) is 22.7 Å². The fourth-order valence-corrected chi connectivity index (χ4v) is 1.37. The third-order valence-electron chi connectivity index (χ3n) is 1.63. The Labute approximate surface area is 80.9 Å². The van der Waals surface area contributed by atoms with Crippen molar-refractivity contribution in [1.29, 1.82) is 0 Å². The lowest BCUT2D eigenvalue weighted by molar-refractivity contribution is 0.101. The van der Waals surface area contributed by atoms with Crippen LogP contribution in [0.2, 0.25) is 5.02 Å². The number of phenols is 1. The molecule has 70 valence electrons. The van der Waals surface area contributed by atoms with Crippen LogP contribution in [-0.2, 0) is 0 Å². The van der Waals surface area contributed by atoms with E-state index in [-0.39, 0.29) is 22.1 Å². The van der Waals surface area contributed by atoms with Gasteiger partial charge in [0.15, 0.2) is 5.78 Å². The maximum atomic E-state index is 11.0. The number of ether oxygens (including phenoxy) is 1. The molecular weight excluding hydrogens is 192 g/mol. The highest BCUT2D eigenvalue weighted by Gasteiger charge is 2.12. The van der Waals surface area contributed by atoms with Crippen molar-refractivity contribution in [3.63, 3.8) is 0 Å². The molecule has 0 radical (unpaired) electrons. The van der Waals surface area contributed by atoms with Crippen LogP contribution in [0.5, 0.6) is 11.5 Å². The van der Waals surface area contributed by atoms with Gasteiger partial charge in [0.2, 0.25) is 0 Å². The number of benzene rings is 1. The zero-order valence-electron chi connectivity index (χ0n) is 7.30. The molecule has 0 aliphatic heterocycles. The first-order valence-electron chi connectivity index (χ1n) is 3.63. The number of methoxy groups -OCH3 is 1. The monoisotopic (exact) mass is 200 g/mol. The van der Waals surface area contributed by atoms with E-state index in [4.69, 9.17) is 16.3 Å². The molecule has 0 fully saturated rings. The van der Waals surface area contributed by atoms with Crippen molar-refractivity contribution in [3.8, 4) is 11.5 Å². The molecule has 1 N–H and O–H groups in total. The number of carbonyl (C=O) groups is 1. The van der Waals surface area contributed by atoms with Crippen LogP contribution in [-0.4, -0.2) is 18.0 Å². The van der Waals surface area contributed by atoms with E-state index in [0.29, 0.717) is 5.75 Å². The predicted molar refractivity (Wildman–Crippen MR) is 49.7 cm³/mol. The summed E-state index contributed by atoms with van der Waals surface area (Å²) in [6.45, 7) is 1.34. The third kappa shape index (κ3) is 1.92. The Balaban J connectivity index is 3.31. The highest BCUT2D eigenvalue weighted by atomic mass is 35.5. The molecule has 1 rings (SSSR count). The Kier molecular flexibility index (Phi) is 2.78. The summed E-state index contributed by atoms with van der Waals surface area (Å²) in [6.07, 6.45) is 0. The van der Waals surface area contributed by atoms with Crippen LogP contribution in [0.25, 0.3) is 0 Å². The minimum absolute atomic E-state index is 0.127. The summed E-state index contributed by atoms with van der Waals surface area (Å²) in [5.41, 5.74) is 0.127. The maximum Gasteiger partial charge on any atom is 0.165 e. The van der Waals surface area contributed by atoms with Crippen molar-refractivity contribution < 1.29 is 14.6 Å². The van der Waals surface area contributed by atoms with E-state index in [2.05, 4.69) is 0 Å². The molecule has 0 spiro atoms. The van der Waals surface area contributed by atoms with Crippen LogP contribution in [0.15, 0.2) is 12.1 Å². The molecule has 0 amide bonds. The molecule has 4 heteroatoms. The maximum absolute atomic E-state index is 11.0. The summed E-state index contributed by atoms with van der Waals surface area (Å²) < 4.78 is 4.85. The quantitative estimate of drug-likeness (QED) is 0.745. The van der Waals surface area contributed by atoms with Gasteiger partial charge in [0, 0.05) is 6.07 Å². The van der Waals surface area contributed by atoms with Gasteiger partial charge >= 0.3 is 0 Å². The third-order valence-corrected chi connectivity index (χ3v) is 1.93. The van der Waals surface area contributed by atoms with Crippen LogP contribution < -0.4 is 4.74 Å².